The van der Waals surface area contributed by atoms with Gasteiger partial charge in [0.25, 0.3) is 0 Å². The summed E-state index contributed by atoms with van der Waals surface area (Å²) in [5.41, 5.74) is 0.797. The molecule has 1 saturated carbocycles. The normalized spacial score (nSPS) is 19.0. The molecule has 1 atom stereocenters. The molecular formula is C21H18FNO4S. The van der Waals surface area contributed by atoms with E-state index in [-0.39, 0.29) is 11.4 Å². The van der Waals surface area contributed by atoms with Crippen molar-refractivity contribution >= 4 is 28.2 Å². The molecule has 1 unspecified atom stereocenters. The van der Waals surface area contributed by atoms with Crippen LogP contribution < -0.4 is 5.43 Å². The van der Waals surface area contributed by atoms with Gasteiger partial charge in [0.05, 0.1) is 17.0 Å². The number of benzene rings is 1. The number of fused-ring (bicyclic) bond motifs is 2. The minimum atomic E-state index is -1.34. The van der Waals surface area contributed by atoms with Gasteiger partial charge in [-0.05, 0) is 61.4 Å². The number of aryl methyl sites for hydroxylation is 1. The van der Waals surface area contributed by atoms with E-state index in [0.717, 1.165) is 47.4 Å². The van der Waals surface area contributed by atoms with E-state index < -0.39 is 28.9 Å². The molecular weight excluding hydrogens is 381 g/mol. The van der Waals surface area contributed by atoms with E-state index in [9.17, 15) is 19.8 Å². The van der Waals surface area contributed by atoms with Gasteiger partial charge in [0, 0.05) is 22.0 Å². The maximum atomic E-state index is 15.0. The molecule has 5 rings (SSSR count). The Kier molecular flexibility index (Phi) is 3.93. The summed E-state index contributed by atoms with van der Waals surface area (Å²) in [4.78, 5) is 26.0. The van der Waals surface area contributed by atoms with E-state index in [2.05, 4.69) is 0 Å². The smallest absolute Gasteiger partial charge is 0.341 e. The first-order chi connectivity index (χ1) is 13.4. The topological polar surface area (TPSA) is 79.5 Å². The number of carboxylic acids is 1. The standard InChI is InChI=1S/C21H18FNO4S/c22-14-6-10(18-8-12-16(24)2-1-3-17(12)28-18)7-15-19(14)20(25)13(21(26)27)9-23(15)11-4-5-11/h6-9,11,16,24H,1-5H2,(H,26,27). The average Bonchev–Trinajstić information content (AvgIpc) is 3.39. The third-order valence-electron chi connectivity index (χ3n) is 5.62. The Morgan fingerprint density at radius 2 is 2.00 bits per heavy atom. The second kappa shape index (κ2) is 6.25. The third kappa shape index (κ3) is 2.69. The summed E-state index contributed by atoms with van der Waals surface area (Å²) in [5, 5.41) is 19.4. The monoisotopic (exact) mass is 399 g/mol. The fourth-order valence-corrected chi connectivity index (χ4v) is 5.29. The molecule has 2 aliphatic carbocycles. The lowest BCUT2D eigenvalue weighted by molar-refractivity contribution is 0.0695. The zero-order chi connectivity index (χ0) is 19.6. The van der Waals surface area contributed by atoms with Gasteiger partial charge in [0.2, 0.25) is 5.43 Å². The molecule has 2 aliphatic rings. The molecule has 1 fully saturated rings. The Balaban J connectivity index is 1.75. The molecule has 7 heteroatoms. The third-order valence-corrected chi connectivity index (χ3v) is 6.88. The van der Waals surface area contributed by atoms with E-state index >= 15 is 4.39 Å². The van der Waals surface area contributed by atoms with Crippen LogP contribution in [0.4, 0.5) is 4.39 Å². The summed E-state index contributed by atoms with van der Waals surface area (Å²) >= 11 is 1.54. The van der Waals surface area contributed by atoms with Crippen molar-refractivity contribution in [2.24, 2.45) is 0 Å². The van der Waals surface area contributed by atoms with Gasteiger partial charge in [0.1, 0.15) is 11.4 Å². The van der Waals surface area contributed by atoms with Gasteiger partial charge in [-0.2, -0.15) is 0 Å². The molecule has 5 nitrogen and oxygen atoms in total. The number of thiophene rings is 1. The second-order valence-electron chi connectivity index (χ2n) is 7.56. The molecule has 0 bridgehead atoms. The fraction of sp³-hybridized carbons (Fsp3) is 0.333. The number of aromatic carboxylic acids is 1. The number of halogens is 1. The maximum Gasteiger partial charge on any atom is 0.341 e. The van der Waals surface area contributed by atoms with Gasteiger partial charge >= 0.3 is 5.97 Å². The molecule has 0 amide bonds. The number of carbonyl (C=O) groups is 1. The highest BCUT2D eigenvalue weighted by Crippen LogP contribution is 2.42. The SMILES string of the molecule is O=C(O)c1cn(C2CC2)c2cc(-c3cc4c(s3)CCCC4O)cc(F)c2c1=O. The molecule has 2 aromatic heterocycles. The summed E-state index contributed by atoms with van der Waals surface area (Å²) in [6.45, 7) is 0. The van der Waals surface area contributed by atoms with Crippen LogP contribution in [0.25, 0.3) is 21.3 Å². The number of aliphatic hydroxyl groups excluding tert-OH is 1. The number of rotatable bonds is 3. The minimum absolute atomic E-state index is 0.0919. The quantitative estimate of drug-likeness (QED) is 0.689. The van der Waals surface area contributed by atoms with E-state index in [1.165, 1.54) is 12.3 Å². The number of carboxylic acid groups (broad SMARTS) is 1. The lowest BCUT2D eigenvalue weighted by Gasteiger charge is -2.16. The van der Waals surface area contributed by atoms with Crippen LogP contribution in [0.2, 0.25) is 0 Å². The number of aromatic nitrogens is 1. The van der Waals surface area contributed by atoms with Crippen LogP contribution >= 0.6 is 11.3 Å². The predicted molar refractivity (Wildman–Crippen MR) is 105 cm³/mol. The molecule has 0 saturated heterocycles. The molecule has 144 valence electrons. The first-order valence-electron chi connectivity index (χ1n) is 9.36. The molecule has 1 aromatic carbocycles. The molecule has 2 N–H and O–H groups in total. The summed E-state index contributed by atoms with van der Waals surface area (Å²) in [7, 11) is 0. The van der Waals surface area contributed by atoms with Crippen LogP contribution in [-0.4, -0.2) is 20.7 Å². The summed E-state index contributed by atoms with van der Waals surface area (Å²) in [5.74, 6) is -2.05. The first-order valence-corrected chi connectivity index (χ1v) is 10.2. The lowest BCUT2D eigenvalue weighted by Crippen LogP contribution is -2.19. The van der Waals surface area contributed by atoms with Crippen LogP contribution in [0.3, 0.4) is 0 Å². The zero-order valence-corrected chi connectivity index (χ0v) is 15.8. The Hall–Kier alpha value is -2.51. The Morgan fingerprint density at radius 3 is 2.68 bits per heavy atom. The zero-order valence-electron chi connectivity index (χ0n) is 14.9. The fourth-order valence-electron chi connectivity index (χ4n) is 4.05. The van der Waals surface area contributed by atoms with Gasteiger partial charge in [-0.15, -0.1) is 11.3 Å². The van der Waals surface area contributed by atoms with Crippen LogP contribution in [-0.2, 0) is 6.42 Å². The van der Waals surface area contributed by atoms with Gasteiger partial charge in [-0.25, -0.2) is 9.18 Å². The number of hydrogen-bond donors (Lipinski definition) is 2. The van der Waals surface area contributed by atoms with Crippen molar-refractivity contribution in [1.29, 1.82) is 0 Å². The number of hydrogen-bond acceptors (Lipinski definition) is 4. The second-order valence-corrected chi connectivity index (χ2v) is 8.70. The van der Waals surface area contributed by atoms with Crippen LogP contribution in [0.5, 0.6) is 0 Å². The molecule has 0 spiro atoms. The van der Waals surface area contributed by atoms with Crippen molar-refractivity contribution in [3.05, 3.63) is 56.4 Å². The van der Waals surface area contributed by atoms with Crippen LogP contribution in [0, 0.1) is 5.82 Å². The van der Waals surface area contributed by atoms with Crippen molar-refractivity contribution < 1.29 is 19.4 Å². The van der Waals surface area contributed by atoms with Crippen molar-refractivity contribution in [3.63, 3.8) is 0 Å². The first kappa shape index (κ1) is 17.6. The van der Waals surface area contributed by atoms with Gasteiger partial charge in [0.15, 0.2) is 0 Å². The maximum absolute atomic E-state index is 15.0. The summed E-state index contributed by atoms with van der Waals surface area (Å²) in [6.07, 6.45) is 5.18. The van der Waals surface area contributed by atoms with Crippen molar-refractivity contribution in [1.82, 2.24) is 4.57 Å². The summed E-state index contributed by atoms with van der Waals surface area (Å²) in [6, 6.07) is 5.08. The molecule has 0 aliphatic heterocycles. The van der Waals surface area contributed by atoms with Crippen LogP contribution in [0.15, 0.2) is 29.2 Å². The molecule has 28 heavy (non-hydrogen) atoms. The highest BCUT2D eigenvalue weighted by Gasteiger charge is 2.28. The number of pyridine rings is 1. The molecule has 3 aromatic rings. The lowest BCUT2D eigenvalue weighted by atomic mass is 9.95. The van der Waals surface area contributed by atoms with Gasteiger partial charge in [-0.3, -0.25) is 4.79 Å². The Bertz CT molecular complexity index is 1190. The average molecular weight is 399 g/mol. The Labute approximate surface area is 163 Å². The van der Waals surface area contributed by atoms with Gasteiger partial charge in [-0.1, -0.05) is 0 Å². The minimum Gasteiger partial charge on any atom is -0.477 e. The van der Waals surface area contributed by atoms with Crippen molar-refractivity contribution in [3.8, 4) is 10.4 Å². The van der Waals surface area contributed by atoms with Crippen molar-refractivity contribution in [2.45, 2.75) is 44.2 Å². The van der Waals surface area contributed by atoms with Gasteiger partial charge < -0.3 is 14.8 Å². The highest BCUT2D eigenvalue weighted by molar-refractivity contribution is 7.15. The Morgan fingerprint density at radius 1 is 1.21 bits per heavy atom. The van der Waals surface area contributed by atoms with E-state index in [1.54, 1.807) is 22.0 Å². The number of aliphatic hydroxyl groups is 1. The predicted octanol–water partition coefficient (Wildman–Crippen LogP) is 4.27. The largest absolute Gasteiger partial charge is 0.477 e. The van der Waals surface area contributed by atoms with E-state index in [4.69, 9.17) is 0 Å². The molecule has 2 heterocycles. The summed E-state index contributed by atoms with van der Waals surface area (Å²) < 4.78 is 16.7. The molecule has 0 radical (unpaired) electrons. The van der Waals surface area contributed by atoms with Crippen molar-refractivity contribution in [2.75, 3.05) is 0 Å². The van der Waals surface area contributed by atoms with E-state index in [1.807, 2.05) is 6.07 Å². The van der Waals surface area contributed by atoms with E-state index in [0.29, 0.717) is 11.1 Å². The van der Waals surface area contributed by atoms with Crippen LogP contribution in [0.1, 0.15) is 58.6 Å². The highest BCUT2D eigenvalue weighted by atomic mass is 32.1. The number of nitrogens with zero attached hydrogens (tertiary/aromatic N) is 1.